The predicted octanol–water partition coefficient (Wildman–Crippen LogP) is 3.17. The number of fused-ring (bicyclic) bond motifs is 2. The number of likely N-dealkylation sites (tertiary alicyclic amines) is 1. The third-order valence-electron chi connectivity index (χ3n) is 6.48. The van der Waals surface area contributed by atoms with Crippen LogP contribution < -0.4 is 10.9 Å². The van der Waals surface area contributed by atoms with E-state index in [1.54, 1.807) is 0 Å². The van der Waals surface area contributed by atoms with E-state index in [1.807, 2.05) is 24.3 Å². The zero-order valence-corrected chi connectivity index (χ0v) is 18.2. The van der Waals surface area contributed by atoms with Crippen molar-refractivity contribution in [2.45, 2.75) is 31.7 Å². The summed E-state index contributed by atoms with van der Waals surface area (Å²) in [7, 11) is 0. The maximum absolute atomic E-state index is 12.8. The molecule has 1 aromatic carbocycles. The van der Waals surface area contributed by atoms with Crippen molar-refractivity contribution in [1.82, 2.24) is 15.2 Å². The van der Waals surface area contributed by atoms with Crippen LogP contribution in [0.15, 0.2) is 58.9 Å². The minimum Gasteiger partial charge on any atom is -0.395 e. The lowest BCUT2D eigenvalue weighted by Crippen LogP contribution is -2.33. The number of aromatic amines is 1. The Morgan fingerprint density at radius 3 is 2.84 bits per heavy atom. The fourth-order valence-electron chi connectivity index (χ4n) is 4.83. The summed E-state index contributed by atoms with van der Waals surface area (Å²) in [6, 6.07) is 7.91. The number of benzene rings is 1. The van der Waals surface area contributed by atoms with Gasteiger partial charge in [-0.1, -0.05) is 42.6 Å². The van der Waals surface area contributed by atoms with E-state index in [0.29, 0.717) is 12.0 Å². The number of nitrogens with one attached hydrogen (secondary N) is 2. The van der Waals surface area contributed by atoms with Crippen LogP contribution in [-0.4, -0.2) is 47.3 Å². The number of aromatic nitrogens is 1. The Bertz CT molecular complexity index is 1220. The number of nitrogens with zero attached hydrogens (tertiary/aromatic N) is 1. The van der Waals surface area contributed by atoms with Gasteiger partial charge < -0.3 is 15.4 Å². The summed E-state index contributed by atoms with van der Waals surface area (Å²) in [5.74, 6) is 6.28. The molecular formula is C27H29N3O2. The fourth-order valence-corrected chi connectivity index (χ4v) is 4.83. The lowest BCUT2D eigenvalue weighted by Gasteiger charge is -2.28. The van der Waals surface area contributed by atoms with Gasteiger partial charge in [0.05, 0.1) is 18.2 Å². The molecule has 2 aromatic rings. The molecule has 0 spiro atoms. The summed E-state index contributed by atoms with van der Waals surface area (Å²) >= 11 is 0. The van der Waals surface area contributed by atoms with Gasteiger partial charge in [0, 0.05) is 41.0 Å². The number of piperidine rings is 1. The molecule has 0 radical (unpaired) electrons. The standard InChI is InChI=1S/C27H29N3O2/c31-13-5-2-6-19-7-9-25-21(14-19)16-23(27(32)29-25)26-17-22-15-20(8-10-24(22)28-26)18-30-11-3-1-4-12-30/h7-10,14-17,22,24,28,31H,1,3-5,11-13,18H2,(H,29,32). The molecule has 2 atom stereocenters. The molecule has 1 fully saturated rings. The molecule has 32 heavy (non-hydrogen) atoms. The van der Waals surface area contributed by atoms with Gasteiger partial charge in [-0.15, -0.1) is 0 Å². The summed E-state index contributed by atoms with van der Waals surface area (Å²) in [5.41, 5.74) is 4.50. The lowest BCUT2D eigenvalue weighted by molar-refractivity contribution is 0.247. The highest BCUT2D eigenvalue weighted by atomic mass is 16.2. The average Bonchev–Trinajstić information content (AvgIpc) is 3.23. The molecule has 3 N–H and O–H groups in total. The molecule has 0 amide bonds. The zero-order chi connectivity index (χ0) is 21.9. The van der Waals surface area contributed by atoms with Crippen molar-refractivity contribution in [2.24, 2.45) is 5.92 Å². The highest BCUT2D eigenvalue weighted by molar-refractivity contribution is 5.84. The molecule has 5 nitrogen and oxygen atoms in total. The van der Waals surface area contributed by atoms with Crippen molar-refractivity contribution in [2.75, 3.05) is 26.2 Å². The number of hydrogen-bond donors (Lipinski definition) is 3. The number of rotatable bonds is 4. The average molecular weight is 428 g/mol. The summed E-state index contributed by atoms with van der Waals surface area (Å²) in [6.45, 7) is 3.46. The quantitative estimate of drug-likeness (QED) is 0.656. The molecule has 3 heterocycles. The number of H-pyrrole nitrogens is 1. The van der Waals surface area contributed by atoms with Crippen molar-refractivity contribution in [1.29, 1.82) is 0 Å². The molecule has 5 heteroatoms. The fraction of sp³-hybridized carbons (Fsp3) is 0.370. The van der Waals surface area contributed by atoms with Crippen LogP contribution in [0.25, 0.3) is 16.6 Å². The molecule has 0 saturated carbocycles. The van der Waals surface area contributed by atoms with E-state index in [-0.39, 0.29) is 24.1 Å². The Balaban J connectivity index is 1.39. The third-order valence-corrected chi connectivity index (χ3v) is 6.48. The summed E-state index contributed by atoms with van der Waals surface area (Å²) in [6.07, 6.45) is 13.4. The first-order valence-corrected chi connectivity index (χ1v) is 11.6. The number of hydrogen-bond acceptors (Lipinski definition) is 4. The van der Waals surface area contributed by atoms with E-state index in [1.165, 1.54) is 37.9 Å². The first-order valence-electron chi connectivity index (χ1n) is 11.6. The van der Waals surface area contributed by atoms with Gasteiger partial charge in [0.15, 0.2) is 0 Å². The summed E-state index contributed by atoms with van der Waals surface area (Å²) < 4.78 is 0. The van der Waals surface area contributed by atoms with E-state index in [4.69, 9.17) is 5.11 Å². The van der Waals surface area contributed by atoms with Gasteiger partial charge in [-0.2, -0.15) is 0 Å². The highest BCUT2D eigenvalue weighted by Crippen LogP contribution is 2.30. The topological polar surface area (TPSA) is 68.4 Å². The first-order chi connectivity index (χ1) is 15.7. The summed E-state index contributed by atoms with van der Waals surface area (Å²) in [4.78, 5) is 18.4. The minimum atomic E-state index is -0.0875. The second kappa shape index (κ2) is 9.20. The van der Waals surface area contributed by atoms with E-state index < -0.39 is 0 Å². The molecule has 3 aliphatic rings. The van der Waals surface area contributed by atoms with E-state index in [2.05, 4.69) is 51.3 Å². The van der Waals surface area contributed by atoms with Gasteiger partial charge in [0.2, 0.25) is 0 Å². The second-order valence-electron chi connectivity index (χ2n) is 8.85. The molecule has 5 rings (SSSR count). The predicted molar refractivity (Wildman–Crippen MR) is 129 cm³/mol. The molecular weight excluding hydrogens is 398 g/mol. The summed E-state index contributed by atoms with van der Waals surface area (Å²) in [5, 5.41) is 13.4. The number of aliphatic hydroxyl groups is 1. The van der Waals surface area contributed by atoms with Gasteiger partial charge >= 0.3 is 0 Å². The first kappa shape index (κ1) is 20.8. The third kappa shape index (κ3) is 4.43. The van der Waals surface area contributed by atoms with Gasteiger partial charge in [-0.05, 0) is 55.8 Å². The zero-order valence-electron chi connectivity index (χ0n) is 18.2. The Morgan fingerprint density at radius 1 is 1.12 bits per heavy atom. The van der Waals surface area contributed by atoms with Crippen molar-refractivity contribution in [3.05, 3.63) is 75.6 Å². The molecule has 0 bridgehead atoms. The van der Waals surface area contributed by atoms with Crippen molar-refractivity contribution in [3.63, 3.8) is 0 Å². The number of pyridine rings is 1. The SMILES string of the molecule is O=c1[nH]c2ccc(C#CCCO)cc2cc1C1=CC2C=C(CN3CCCCC3)C=CC2N1. The van der Waals surface area contributed by atoms with Crippen LogP contribution in [0.1, 0.15) is 36.8 Å². The largest absolute Gasteiger partial charge is 0.395 e. The van der Waals surface area contributed by atoms with Crippen LogP contribution in [0.5, 0.6) is 0 Å². The van der Waals surface area contributed by atoms with Gasteiger partial charge in [-0.3, -0.25) is 9.69 Å². The van der Waals surface area contributed by atoms with Gasteiger partial charge in [0.25, 0.3) is 5.56 Å². The van der Waals surface area contributed by atoms with Crippen molar-refractivity contribution < 1.29 is 5.11 Å². The Morgan fingerprint density at radius 2 is 2.00 bits per heavy atom. The monoisotopic (exact) mass is 427 g/mol. The van der Waals surface area contributed by atoms with E-state index >= 15 is 0 Å². The Kier molecular flexibility index (Phi) is 5.98. The Hall–Kier alpha value is -3.07. The maximum Gasteiger partial charge on any atom is 0.257 e. The van der Waals surface area contributed by atoms with Crippen molar-refractivity contribution in [3.8, 4) is 11.8 Å². The van der Waals surface area contributed by atoms with Crippen molar-refractivity contribution >= 4 is 16.6 Å². The van der Waals surface area contributed by atoms with Crippen LogP contribution in [0.2, 0.25) is 0 Å². The van der Waals surface area contributed by atoms with Gasteiger partial charge in [-0.25, -0.2) is 0 Å². The molecule has 1 aromatic heterocycles. The Labute approximate surface area is 188 Å². The highest BCUT2D eigenvalue weighted by Gasteiger charge is 2.28. The number of aliphatic hydroxyl groups excluding tert-OH is 1. The van der Waals surface area contributed by atoms with E-state index in [0.717, 1.165) is 28.7 Å². The maximum atomic E-state index is 12.8. The lowest BCUT2D eigenvalue weighted by atomic mass is 9.93. The molecule has 164 valence electrons. The van der Waals surface area contributed by atoms with Gasteiger partial charge in [0.1, 0.15) is 0 Å². The van der Waals surface area contributed by atoms with Crippen LogP contribution in [-0.2, 0) is 0 Å². The minimum absolute atomic E-state index is 0.0584. The van der Waals surface area contributed by atoms with Crippen LogP contribution >= 0.6 is 0 Å². The second-order valence-corrected chi connectivity index (χ2v) is 8.85. The molecule has 2 aliphatic heterocycles. The van der Waals surface area contributed by atoms with Crippen LogP contribution in [0, 0.1) is 17.8 Å². The molecule has 1 saturated heterocycles. The van der Waals surface area contributed by atoms with Crippen LogP contribution in [0.3, 0.4) is 0 Å². The van der Waals surface area contributed by atoms with E-state index in [9.17, 15) is 4.79 Å². The molecule has 2 unspecified atom stereocenters. The normalized spacial score (nSPS) is 22.5. The smallest absolute Gasteiger partial charge is 0.257 e. The van der Waals surface area contributed by atoms with Crippen LogP contribution in [0.4, 0.5) is 0 Å². The molecule has 1 aliphatic carbocycles.